The normalized spacial score (nSPS) is 24.3. The maximum absolute atomic E-state index is 12.0. The van der Waals surface area contributed by atoms with Crippen LogP contribution in [0.3, 0.4) is 0 Å². The lowest BCUT2D eigenvalue weighted by Crippen LogP contribution is -2.42. The second-order valence-corrected chi connectivity index (χ2v) is 6.73. The molecule has 1 aliphatic rings. The van der Waals surface area contributed by atoms with Crippen LogP contribution in [0.25, 0.3) is 0 Å². The lowest BCUT2D eigenvalue weighted by molar-refractivity contribution is 0.0284. The molecular formula is C13H20N2O2S. The van der Waals surface area contributed by atoms with Crippen LogP contribution in [0, 0.1) is 0 Å². The molecule has 100 valence electrons. The van der Waals surface area contributed by atoms with E-state index < -0.39 is 11.1 Å². The predicted molar refractivity (Wildman–Crippen MR) is 72.6 cm³/mol. The zero-order valence-corrected chi connectivity index (χ0v) is 11.9. The van der Waals surface area contributed by atoms with Crippen molar-refractivity contribution in [2.24, 2.45) is 5.73 Å². The summed E-state index contributed by atoms with van der Waals surface area (Å²) in [6.45, 7) is 6.80. The summed E-state index contributed by atoms with van der Waals surface area (Å²) in [6.07, 6.45) is 0.513. The molecule has 1 aromatic heterocycles. The molecule has 1 atom stereocenters. The highest BCUT2D eigenvalue weighted by Gasteiger charge is 2.40. The van der Waals surface area contributed by atoms with Crippen LogP contribution in [0.2, 0.25) is 0 Å². The molecule has 18 heavy (non-hydrogen) atoms. The standard InChI is InChI=1S/C13H20N2O2S/c1-12(2,3)17-11(16)15-7-6-13(14,9-15)10-5-4-8-18-10/h4-5,8H,6-7,9,14H2,1-3H3. The second kappa shape index (κ2) is 4.55. The lowest BCUT2D eigenvalue weighted by atomic mass is 9.98. The predicted octanol–water partition coefficient (Wildman–Crippen LogP) is 2.54. The number of hydrogen-bond acceptors (Lipinski definition) is 4. The van der Waals surface area contributed by atoms with E-state index in [1.54, 1.807) is 16.2 Å². The van der Waals surface area contributed by atoms with Gasteiger partial charge in [-0.1, -0.05) is 6.07 Å². The quantitative estimate of drug-likeness (QED) is 0.851. The molecule has 5 heteroatoms. The largest absolute Gasteiger partial charge is 0.444 e. The van der Waals surface area contributed by atoms with Crippen molar-refractivity contribution in [3.05, 3.63) is 22.4 Å². The number of carbonyl (C=O) groups excluding carboxylic acids is 1. The summed E-state index contributed by atoms with van der Waals surface area (Å²) in [6, 6.07) is 4.02. The Morgan fingerprint density at radius 2 is 2.28 bits per heavy atom. The van der Waals surface area contributed by atoms with E-state index in [1.807, 2.05) is 38.3 Å². The highest BCUT2D eigenvalue weighted by molar-refractivity contribution is 7.10. The Hall–Kier alpha value is -1.07. The van der Waals surface area contributed by atoms with Crippen LogP contribution in [0.4, 0.5) is 4.79 Å². The van der Waals surface area contributed by atoms with Gasteiger partial charge in [-0.3, -0.25) is 0 Å². The van der Waals surface area contributed by atoms with Crippen LogP contribution in [-0.4, -0.2) is 29.7 Å². The highest BCUT2D eigenvalue weighted by atomic mass is 32.1. The maximum Gasteiger partial charge on any atom is 0.410 e. The first-order chi connectivity index (χ1) is 8.30. The summed E-state index contributed by atoms with van der Waals surface area (Å²) in [7, 11) is 0. The van der Waals surface area contributed by atoms with Crippen LogP contribution in [0.1, 0.15) is 32.1 Å². The van der Waals surface area contributed by atoms with E-state index in [4.69, 9.17) is 10.5 Å². The third-order valence-corrected chi connectivity index (χ3v) is 4.05. The molecule has 0 bridgehead atoms. The van der Waals surface area contributed by atoms with E-state index in [9.17, 15) is 4.79 Å². The Labute approximate surface area is 112 Å². The van der Waals surface area contributed by atoms with Crippen LogP contribution in [0.15, 0.2) is 17.5 Å². The van der Waals surface area contributed by atoms with Crippen LogP contribution in [0.5, 0.6) is 0 Å². The molecule has 1 fully saturated rings. The first-order valence-electron chi connectivity index (χ1n) is 6.11. The second-order valence-electron chi connectivity index (χ2n) is 5.79. The Balaban J connectivity index is 2.02. The van der Waals surface area contributed by atoms with E-state index in [0.29, 0.717) is 13.1 Å². The molecule has 1 aromatic rings. The number of rotatable bonds is 1. The monoisotopic (exact) mass is 268 g/mol. The van der Waals surface area contributed by atoms with Gasteiger partial charge in [-0.2, -0.15) is 0 Å². The van der Waals surface area contributed by atoms with Crippen molar-refractivity contribution in [1.82, 2.24) is 4.90 Å². The topological polar surface area (TPSA) is 55.6 Å². The number of hydrogen-bond donors (Lipinski definition) is 1. The summed E-state index contributed by atoms with van der Waals surface area (Å²) in [5, 5.41) is 2.01. The van der Waals surface area contributed by atoms with E-state index in [2.05, 4.69) is 0 Å². The molecule has 0 aliphatic carbocycles. The molecule has 2 N–H and O–H groups in total. The molecule has 1 aliphatic heterocycles. The summed E-state index contributed by atoms with van der Waals surface area (Å²) in [4.78, 5) is 14.8. The van der Waals surface area contributed by atoms with Gasteiger partial charge in [-0.25, -0.2) is 4.79 Å². The molecular weight excluding hydrogens is 248 g/mol. The van der Waals surface area contributed by atoms with Gasteiger partial charge in [-0.05, 0) is 38.6 Å². The first kappa shape index (κ1) is 13.4. The lowest BCUT2D eigenvalue weighted by Gasteiger charge is -2.26. The van der Waals surface area contributed by atoms with Crippen LogP contribution in [-0.2, 0) is 10.3 Å². The van der Waals surface area contributed by atoms with Crippen molar-refractivity contribution < 1.29 is 9.53 Å². The smallest absolute Gasteiger partial charge is 0.410 e. The van der Waals surface area contributed by atoms with Gasteiger partial charge in [-0.15, -0.1) is 11.3 Å². The van der Waals surface area contributed by atoms with Gasteiger partial charge in [0.2, 0.25) is 0 Å². The first-order valence-corrected chi connectivity index (χ1v) is 6.99. The van der Waals surface area contributed by atoms with Crippen LogP contribution < -0.4 is 5.73 Å². The molecule has 2 heterocycles. The van der Waals surface area contributed by atoms with E-state index in [1.165, 1.54) is 0 Å². The zero-order valence-electron chi connectivity index (χ0n) is 11.1. The van der Waals surface area contributed by atoms with E-state index in [-0.39, 0.29) is 6.09 Å². The van der Waals surface area contributed by atoms with Gasteiger partial charge in [0.1, 0.15) is 5.60 Å². The summed E-state index contributed by atoms with van der Waals surface area (Å²) in [5.74, 6) is 0. The van der Waals surface area contributed by atoms with Gasteiger partial charge in [0.15, 0.2) is 0 Å². The summed E-state index contributed by atoms with van der Waals surface area (Å²) < 4.78 is 5.37. The molecule has 1 unspecified atom stereocenters. The molecule has 0 radical (unpaired) electrons. The molecule has 4 nitrogen and oxygen atoms in total. The van der Waals surface area contributed by atoms with E-state index in [0.717, 1.165) is 11.3 Å². The SMILES string of the molecule is CC(C)(C)OC(=O)N1CCC(N)(c2cccs2)C1. The minimum Gasteiger partial charge on any atom is -0.444 e. The average Bonchev–Trinajstić information content (AvgIpc) is 2.83. The summed E-state index contributed by atoms with van der Waals surface area (Å²) >= 11 is 1.64. The van der Waals surface area contributed by atoms with Gasteiger partial charge in [0.25, 0.3) is 0 Å². The number of nitrogens with zero attached hydrogens (tertiary/aromatic N) is 1. The Bertz CT molecular complexity index is 425. The molecule has 1 amide bonds. The molecule has 0 saturated carbocycles. The fraction of sp³-hybridized carbons (Fsp3) is 0.615. The minimum absolute atomic E-state index is 0.272. The molecule has 0 aromatic carbocycles. The Morgan fingerprint density at radius 3 is 2.83 bits per heavy atom. The van der Waals surface area contributed by atoms with Crippen LogP contribution >= 0.6 is 11.3 Å². The molecule has 0 spiro atoms. The van der Waals surface area contributed by atoms with Gasteiger partial charge >= 0.3 is 6.09 Å². The van der Waals surface area contributed by atoms with Crippen molar-refractivity contribution in [3.63, 3.8) is 0 Å². The fourth-order valence-electron chi connectivity index (χ4n) is 2.08. The van der Waals surface area contributed by atoms with Gasteiger partial charge < -0.3 is 15.4 Å². The minimum atomic E-state index is -0.458. The maximum atomic E-state index is 12.0. The van der Waals surface area contributed by atoms with Crippen molar-refractivity contribution in [2.75, 3.05) is 13.1 Å². The summed E-state index contributed by atoms with van der Waals surface area (Å²) in [5.41, 5.74) is 5.51. The van der Waals surface area contributed by atoms with Gasteiger partial charge in [0.05, 0.1) is 5.54 Å². The average molecular weight is 268 g/mol. The number of ether oxygens (including phenoxy) is 1. The fourth-order valence-corrected chi connectivity index (χ4v) is 2.94. The number of likely N-dealkylation sites (tertiary alicyclic amines) is 1. The number of amides is 1. The highest BCUT2D eigenvalue weighted by Crippen LogP contribution is 2.33. The van der Waals surface area contributed by atoms with Crippen molar-refractivity contribution >= 4 is 17.4 Å². The third kappa shape index (κ3) is 2.84. The Morgan fingerprint density at radius 1 is 1.56 bits per heavy atom. The van der Waals surface area contributed by atoms with Crippen molar-refractivity contribution in [2.45, 2.75) is 38.3 Å². The zero-order chi connectivity index (χ0) is 13.4. The number of carbonyl (C=O) groups is 1. The number of nitrogens with two attached hydrogens (primary N) is 1. The Kier molecular flexibility index (Phi) is 3.38. The number of thiophene rings is 1. The van der Waals surface area contributed by atoms with E-state index >= 15 is 0 Å². The third-order valence-electron chi connectivity index (χ3n) is 2.96. The molecule has 1 saturated heterocycles. The van der Waals surface area contributed by atoms with Crippen molar-refractivity contribution in [3.8, 4) is 0 Å². The molecule has 2 rings (SSSR count). The van der Waals surface area contributed by atoms with Gasteiger partial charge in [0, 0.05) is 18.0 Å². The van der Waals surface area contributed by atoms with Crippen molar-refractivity contribution in [1.29, 1.82) is 0 Å².